The minimum atomic E-state index is -4.37. The SMILES string of the molecule is CCCCCCCCC/C=C/C(O)C(COP(=O)(O)OCCN)NC(=O)CC(O)CCCCCCCCCC. The summed E-state index contributed by atoms with van der Waals surface area (Å²) >= 11 is 0. The van der Waals surface area contributed by atoms with Crippen LogP contribution in [0.15, 0.2) is 12.2 Å². The van der Waals surface area contributed by atoms with Crippen molar-refractivity contribution in [3.8, 4) is 0 Å². The molecule has 0 aromatic heterocycles. The van der Waals surface area contributed by atoms with E-state index >= 15 is 0 Å². The molecular formula is C29H59N2O7P. The van der Waals surface area contributed by atoms with Gasteiger partial charge in [-0.15, -0.1) is 0 Å². The molecule has 0 spiro atoms. The van der Waals surface area contributed by atoms with Gasteiger partial charge in [-0.05, 0) is 19.3 Å². The van der Waals surface area contributed by atoms with Crippen LogP contribution in [0.25, 0.3) is 0 Å². The van der Waals surface area contributed by atoms with E-state index < -0.39 is 38.6 Å². The third-order valence-corrected chi connectivity index (χ3v) is 7.65. The van der Waals surface area contributed by atoms with Crippen molar-refractivity contribution >= 4 is 13.7 Å². The van der Waals surface area contributed by atoms with Gasteiger partial charge in [-0.3, -0.25) is 13.8 Å². The number of phosphoric acid groups is 1. The Bertz CT molecular complexity index is 651. The van der Waals surface area contributed by atoms with Crippen LogP contribution in [0.1, 0.15) is 129 Å². The summed E-state index contributed by atoms with van der Waals surface area (Å²) in [5, 5.41) is 23.6. The molecule has 0 aliphatic rings. The highest BCUT2D eigenvalue weighted by molar-refractivity contribution is 7.47. The van der Waals surface area contributed by atoms with E-state index in [9.17, 15) is 24.5 Å². The van der Waals surface area contributed by atoms with Crippen molar-refractivity contribution in [2.75, 3.05) is 19.8 Å². The van der Waals surface area contributed by atoms with Gasteiger partial charge in [-0.25, -0.2) is 4.57 Å². The normalized spacial score (nSPS) is 15.7. The number of hydrogen-bond donors (Lipinski definition) is 5. The smallest absolute Gasteiger partial charge is 0.393 e. The predicted molar refractivity (Wildman–Crippen MR) is 158 cm³/mol. The van der Waals surface area contributed by atoms with Crippen LogP contribution in [-0.2, 0) is 18.4 Å². The van der Waals surface area contributed by atoms with Gasteiger partial charge < -0.3 is 26.2 Å². The van der Waals surface area contributed by atoms with Crippen LogP contribution in [0, 0.1) is 0 Å². The number of aliphatic hydroxyl groups excluding tert-OH is 2. The summed E-state index contributed by atoms with van der Waals surface area (Å²) in [5.74, 6) is -0.453. The fraction of sp³-hybridized carbons (Fsp3) is 0.897. The number of unbranched alkanes of at least 4 members (excludes halogenated alkanes) is 14. The van der Waals surface area contributed by atoms with Gasteiger partial charge in [0.1, 0.15) is 0 Å². The van der Waals surface area contributed by atoms with Crippen molar-refractivity contribution in [3.63, 3.8) is 0 Å². The summed E-state index contributed by atoms with van der Waals surface area (Å²) in [6.45, 7) is 3.86. The van der Waals surface area contributed by atoms with E-state index in [0.717, 1.165) is 38.5 Å². The first-order valence-electron chi connectivity index (χ1n) is 15.4. The maximum Gasteiger partial charge on any atom is 0.472 e. The highest BCUT2D eigenvalue weighted by atomic mass is 31.2. The molecule has 10 heteroatoms. The van der Waals surface area contributed by atoms with E-state index in [0.29, 0.717) is 6.42 Å². The summed E-state index contributed by atoms with van der Waals surface area (Å²) in [5.41, 5.74) is 5.31. The van der Waals surface area contributed by atoms with Crippen LogP contribution < -0.4 is 11.1 Å². The Hall–Kier alpha value is -0.800. The third-order valence-electron chi connectivity index (χ3n) is 6.67. The third kappa shape index (κ3) is 24.7. The Morgan fingerprint density at radius 2 is 1.41 bits per heavy atom. The number of nitrogens with one attached hydrogen (secondary N) is 1. The summed E-state index contributed by atoms with van der Waals surface area (Å²) < 4.78 is 21.8. The summed E-state index contributed by atoms with van der Waals surface area (Å²) in [7, 11) is -4.37. The fourth-order valence-corrected chi connectivity index (χ4v) is 5.05. The second-order valence-electron chi connectivity index (χ2n) is 10.5. The molecule has 0 fully saturated rings. The molecule has 0 saturated carbocycles. The number of amides is 1. The molecule has 0 rings (SSSR count). The monoisotopic (exact) mass is 578 g/mol. The maximum atomic E-state index is 12.6. The Morgan fingerprint density at radius 3 is 1.97 bits per heavy atom. The molecule has 0 saturated heterocycles. The first-order valence-corrected chi connectivity index (χ1v) is 16.9. The van der Waals surface area contributed by atoms with Gasteiger partial charge in [0, 0.05) is 6.54 Å². The van der Waals surface area contributed by atoms with Crippen LogP contribution >= 0.6 is 7.82 Å². The molecule has 6 N–H and O–H groups in total. The first-order chi connectivity index (χ1) is 18.8. The Morgan fingerprint density at radius 1 is 0.872 bits per heavy atom. The molecule has 0 radical (unpaired) electrons. The van der Waals surface area contributed by atoms with Gasteiger partial charge in [0.2, 0.25) is 5.91 Å². The lowest BCUT2D eigenvalue weighted by Crippen LogP contribution is -2.46. The average Bonchev–Trinajstić information content (AvgIpc) is 2.90. The summed E-state index contributed by atoms with van der Waals surface area (Å²) in [6.07, 6.45) is 20.3. The molecule has 0 aliphatic heterocycles. The average molecular weight is 579 g/mol. The summed E-state index contributed by atoms with van der Waals surface area (Å²) in [6, 6.07) is -0.972. The van der Waals surface area contributed by atoms with E-state index in [1.807, 2.05) is 6.08 Å². The molecule has 0 heterocycles. The minimum Gasteiger partial charge on any atom is -0.393 e. The van der Waals surface area contributed by atoms with Gasteiger partial charge in [0.15, 0.2) is 0 Å². The number of phosphoric ester groups is 1. The zero-order valence-electron chi connectivity index (χ0n) is 24.7. The molecule has 0 bridgehead atoms. The van der Waals surface area contributed by atoms with E-state index in [1.165, 1.54) is 64.2 Å². The largest absolute Gasteiger partial charge is 0.472 e. The Balaban J connectivity index is 4.62. The molecule has 4 unspecified atom stereocenters. The molecule has 0 aromatic rings. The molecular weight excluding hydrogens is 519 g/mol. The molecule has 0 aliphatic carbocycles. The number of aliphatic hydroxyl groups is 2. The number of carbonyl (C=O) groups is 1. The van der Waals surface area contributed by atoms with Crippen LogP contribution in [-0.4, -0.2) is 59.0 Å². The van der Waals surface area contributed by atoms with Gasteiger partial charge in [-0.1, -0.05) is 116 Å². The standard InChI is InChI=1S/C29H59N2O7P/c1-3-5-7-9-11-13-15-17-19-21-28(33)27(25-38-39(35,36)37-23-22-30)31-29(34)24-26(32)20-18-16-14-12-10-8-6-4-2/h19,21,26-28,32-33H,3-18,20,22-25,30H2,1-2H3,(H,31,34)(H,35,36)/b21-19+. The van der Waals surface area contributed by atoms with Crippen molar-refractivity contribution in [2.24, 2.45) is 5.73 Å². The predicted octanol–water partition coefficient (Wildman–Crippen LogP) is 5.90. The number of rotatable bonds is 28. The lowest BCUT2D eigenvalue weighted by Gasteiger charge is -2.24. The van der Waals surface area contributed by atoms with Crippen LogP contribution in [0.2, 0.25) is 0 Å². The van der Waals surface area contributed by atoms with Crippen molar-refractivity contribution in [1.29, 1.82) is 0 Å². The quantitative estimate of drug-likeness (QED) is 0.0437. The van der Waals surface area contributed by atoms with Crippen molar-refractivity contribution < 1.29 is 33.5 Å². The van der Waals surface area contributed by atoms with Gasteiger partial charge >= 0.3 is 7.82 Å². The minimum absolute atomic E-state index is 0.0504. The van der Waals surface area contributed by atoms with Gasteiger partial charge in [0.05, 0.1) is 37.9 Å². The van der Waals surface area contributed by atoms with E-state index in [1.54, 1.807) is 6.08 Å². The number of nitrogens with two attached hydrogens (primary N) is 1. The van der Waals surface area contributed by atoms with Crippen LogP contribution in [0.3, 0.4) is 0 Å². The van der Waals surface area contributed by atoms with Gasteiger partial charge in [0.25, 0.3) is 0 Å². The Kier molecular flexibility index (Phi) is 25.6. The highest BCUT2D eigenvalue weighted by Crippen LogP contribution is 2.43. The number of allylic oxidation sites excluding steroid dienone is 1. The molecule has 9 nitrogen and oxygen atoms in total. The number of hydrogen-bond acceptors (Lipinski definition) is 7. The molecule has 39 heavy (non-hydrogen) atoms. The van der Waals surface area contributed by atoms with E-state index in [-0.39, 0.29) is 19.6 Å². The number of carbonyl (C=O) groups excluding carboxylic acids is 1. The lowest BCUT2D eigenvalue weighted by molar-refractivity contribution is -0.124. The highest BCUT2D eigenvalue weighted by Gasteiger charge is 2.27. The zero-order chi connectivity index (χ0) is 29.2. The zero-order valence-corrected chi connectivity index (χ0v) is 25.6. The van der Waals surface area contributed by atoms with Gasteiger partial charge in [-0.2, -0.15) is 0 Å². The molecule has 1 amide bonds. The molecule has 0 aromatic carbocycles. The van der Waals surface area contributed by atoms with E-state index in [4.69, 9.17) is 14.8 Å². The van der Waals surface area contributed by atoms with Crippen molar-refractivity contribution in [1.82, 2.24) is 5.32 Å². The molecule has 4 atom stereocenters. The first kappa shape index (κ1) is 38.2. The van der Waals surface area contributed by atoms with Crippen LogP contribution in [0.4, 0.5) is 0 Å². The second kappa shape index (κ2) is 26.1. The summed E-state index contributed by atoms with van der Waals surface area (Å²) in [4.78, 5) is 22.4. The second-order valence-corrected chi connectivity index (χ2v) is 12.0. The Labute approximate surface area is 237 Å². The topological polar surface area (TPSA) is 151 Å². The maximum absolute atomic E-state index is 12.6. The van der Waals surface area contributed by atoms with Crippen molar-refractivity contribution in [2.45, 2.75) is 148 Å². The van der Waals surface area contributed by atoms with Crippen molar-refractivity contribution in [3.05, 3.63) is 12.2 Å². The van der Waals surface area contributed by atoms with E-state index in [2.05, 4.69) is 19.2 Å². The fourth-order valence-electron chi connectivity index (χ4n) is 4.29. The van der Waals surface area contributed by atoms with Crippen LogP contribution in [0.5, 0.6) is 0 Å². The molecule has 232 valence electrons. The lowest BCUT2D eigenvalue weighted by atomic mass is 10.0.